The average Bonchev–Trinajstić information content (AvgIpc) is 2.71. The van der Waals surface area contributed by atoms with Gasteiger partial charge >= 0.3 is 0 Å². The SMILES string of the molecule is CC(Nc1ccc(NC(=O)C2(CN)CCOCC2)cc1Cl)c1ccccc1. The molecule has 0 aromatic heterocycles. The summed E-state index contributed by atoms with van der Waals surface area (Å²) in [7, 11) is 0. The van der Waals surface area contributed by atoms with Gasteiger partial charge in [0.1, 0.15) is 0 Å². The van der Waals surface area contributed by atoms with E-state index in [1.165, 1.54) is 5.56 Å². The Labute approximate surface area is 165 Å². The van der Waals surface area contributed by atoms with E-state index >= 15 is 0 Å². The second kappa shape index (κ2) is 8.74. The Morgan fingerprint density at radius 1 is 1.22 bits per heavy atom. The molecule has 0 radical (unpaired) electrons. The summed E-state index contributed by atoms with van der Waals surface area (Å²) in [6.07, 6.45) is 1.27. The number of benzene rings is 2. The lowest BCUT2D eigenvalue weighted by Gasteiger charge is -2.34. The molecule has 144 valence electrons. The van der Waals surface area contributed by atoms with Crippen molar-refractivity contribution in [1.29, 1.82) is 0 Å². The van der Waals surface area contributed by atoms with Crippen molar-refractivity contribution in [1.82, 2.24) is 0 Å². The first-order valence-electron chi connectivity index (χ1n) is 9.24. The standard InChI is InChI=1S/C21H26ClN3O2/c1-15(16-5-3-2-4-6-16)24-19-8-7-17(13-18(19)22)25-20(26)21(14-23)9-11-27-12-10-21/h2-8,13,15,24H,9-12,14,23H2,1H3,(H,25,26). The van der Waals surface area contributed by atoms with Gasteiger partial charge in [-0.25, -0.2) is 0 Å². The number of carbonyl (C=O) groups is 1. The van der Waals surface area contributed by atoms with Crippen LogP contribution in [0.3, 0.4) is 0 Å². The monoisotopic (exact) mass is 387 g/mol. The largest absolute Gasteiger partial charge is 0.381 e. The molecule has 4 N–H and O–H groups in total. The zero-order valence-electron chi connectivity index (χ0n) is 15.5. The van der Waals surface area contributed by atoms with Gasteiger partial charge < -0.3 is 21.1 Å². The maximum absolute atomic E-state index is 12.8. The zero-order chi connectivity index (χ0) is 19.3. The van der Waals surface area contributed by atoms with Gasteiger partial charge in [0.05, 0.1) is 16.1 Å². The highest BCUT2D eigenvalue weighted by molar-refractivity contribution is 6.33. The lowest BCUT2D eigenvalue weighted by molar-refractivity contribution is -0.130. The predicted octanol–water partition coefficient (Wildman–Crippen LogP) is 4.21. The van der Waals surface area contributed by atoms with Crippen molar-refractivity contribution in [3.05, 3.63) is 59.1 Å². The highest BCUT2D eigenvalue weighted by atomic mass is 35.5. The summed E-state index contributed by atoms with van der Waals surface area (Å²) >= 11 is 6.44. The van der Waals surface area contributed by atoms with Crippen LogP contribution in [-0.2, 0) is 9.53 Å². The molecule has 1 heterocycles. The van der Waals surface area contributed by atoms with Crippen molar-refractivity contribution in [2.24, 2.45) is 11.1 Å². The molecule has 1 aliphatic rings. The molecule has 27 heavy (non-hydrogen) atoms. The normalized spacial score (nSPS) is 17.1. The fourth-order valence-electron chi connectivity index (χ4n) is 3.32. The molecule has 1 atom stereocenters. The first-order chi connectivity index (χ1) is 13.0. The van der Waals surface area contributed by atoms with Crippen LogP contribution in [0.1, 0.15) is 31.4 Å². The average molecular weight is 388 g/mol. The van der Waals surface area contributed by atoms with Crippen LogP contribution in [0.4, 0.5) is 11.4 Å². The van der Waals surface area contributed by atoms with Crippen molar-refractivity contribution in [3.8, 4) is 0 Å². The smallest absolute Gasteiger partial charge is 0.232 e. The summed E-state index contributed by atoms with van der Waals surface area (Å²) < 4.78 is 5.37. The van der Waals surface area contributed by atoms with E-state index in [0.717, 1.165) is 5.69 Å². The van der Waals surface area contributed by atoms with Gasteiger partial charge in [-0.05, 0) is 43.5 Å². The Hall–Kier alpha value is -2.08. The second-order valence-corrected chi connectivity index (χ2v) is 7.43. The Kier molecular flexibility index (Phi) is 6.37. The van der Waals surface area contributed by atoms with E-state index in [9.17, 15) is 4.79 Å². The number of nitrogens with two attached hydrogens (primary N) is 1. The van der Waals surface area contributed by atoms with E-state index in [0.29, 0.717) is 43.3 Å². The zero-order valence-corrected chi connectivity index (χ0v) is 16.3. The third-order valence-corrected chi connectivity index (χ3v) is 5.53. The van der Waals surface area contributed by atoms with Crippen molar-refractivity contribution in [2.45, 2.75) is 25.8 Å². The molecule has 1 saturated heterocycles. The third kappa shape index (κ3) is 4.61. The van der Waals surface area contributed by atoms with Crippen LogP contribution < -0.4 is 16.4 Å². The summed E-state index contributed by atoms with van der Waals surface area (Å²) in [5.74, 6) is -0.0669. The number of amides is 1. The van der Waals surface area contributed by atoms with E-state index in [4.69, 9.17) is 22.1 Å². The third-order valence-electron chi connectivity index (χ3n) is 5.22. The fraction of sp³-hybridized carbons (Fsp3) is 0.381. The van der Waals surface area contributed by atoms with Crippen LogP contribution in [0.15, 0.2) is 48.5 Å². The Bertz CT molecular complexity index is 776. The highest BCUT2D eigenvalue weighted by Gasteiger charge is 2.38. The lowest BCUT2D eigenvalue weighted by atomic mass is 9.79. The van der Waals surface area contributed by atoms with Gasteiger partial charge in [-0.1, -0.05) is 41.9 Å². The van der Waals surface area contributed by atoms with Gasteiger partial charge in [-0.3, -0.25) is 4.79 Å². The van der Waals surface area contributed by atoms with Crippen LogP contribution in [0, 0.1) is 5.41 Å². The van der Waals surface area contributed by atoms with Crippen LogP contribution in [0.25, 0.3) is 0 Å². The van der Waals surface area contributed by atoms with Crippen molar-refractivity contribution < 1.29 is 9.53 Å². The van der Waals surface area contributed by atoms with Crippen molar-refractivity contribution in [3.63, 3.8) is 0 Å². The molecular formula is C21H26ClN3O2. The van der Waals surface area contributed by atoms with E-state index < -0.39 is 5.41 Å². The quantitative estimate of drug-likeness (QED) is 0.694. The highest BCUT2D eigenvalue weighted by Crippen LogP contribution is 2.33. The summed E-state index contributed by atoms with van der Waals surface area (Å²) in [4.78, 5) is 12.8. The van der Waals surface area contributed by atoms with Gasteiger partial charge in [0.15, 0.2) is 0 Å². The first-order valence-corrected chi connectivity index (χ1v) is 9.62. The van der Waals surface area contributed by atoms with Gasteiger partial charge in [0, 0.05) is 31.5 Å². The van der Waals surface area contributed by atoms with Gasteiger partial charge in [-0.2, -0.15) is 0 Å². The molecule has 0 aliphatic carbocycles. The van der Waals surface area contributed by atoms with Crippen LogP contribution in [0.2, 0.25) is 5.02 Å². The van der Waals surface area contributed by atoms with Crippen LogP contribution in [0.5, 0.6) is 0 Å². The number of anilines is 2. The summed E-state index contributed by atoms with van der Waals surface area (Å²) in [6.45, 7) is 3.51. The number of hydrogen-bond donors (Lipinski definition) is 3. The molecule has 6 heteroatoms. The molecule has 5 nitrogen and oxygen atoms in total. The number of rotatable bonds is 6. The number of ether oxygens (including phenoxy) is 1. The Balaban J connectivity index is 1.68. The fourth-order valence-corrected chi connectivity index (χ4v) is 3.55. The lowest BCUT2D eigenvalue weighted by Crippen LogP contribution is -2.46. The minimum absolute atomic E-state index is 0.0669. The maximum atomic E-state index is 12.8. The maximum Gasteiger partial charge on any atom is 0.232 e. The number of hydrogen-bond acceptors (Lipinski definition) is 4. The van der Waals surface area contributed by atoms with Crippen LogP contribution >= 0.6 is 11.6 Å². The molecule has 1 amide bonds. The number of nitrogens with one attached hydrogen (secondary N) is 2. The first kappa shape index (κ1) is 19.7. The molecule has 0 saturated carbocycles. The minimum atomic E-state index is -0.566. The molecule has 0 bridgehead atoms. The molecular weight excluding hydrogens is 362 g/mol. The Morgan fingerprint density at radius 2 is 1.93 bits per heavy atom. The van der Waals surface area contributed by atoms with Gasteiger partial charge in [0.25, 0.3) is 0 Å². The molecule has 3 rings (SSSR count). The summed E-state index contributed by atoms with van der Waals surface area (Å²) in [5, 5.41) is 6.94. The number of halogens is 1. The summed E-state index contributed by atoms with van der Waals surface area (Å²) in [5.41, 5.74) is 8.01. The van der Waals surface area contributed by atoms with E-state index in [1.807, 2.05) is 30.3 Å². The van der Waals surface area contributed by atoms with Gasteiger partial charge in [0.2, 0.25) is 5.91 Å². The van der Waals surface area contributed by atoms with E-state index in [-0.39, 0.29) is 11.9 Å². The molecule has 2 aromatic rings. The van der Waals surface area contributed by atoms with Crippen molar-refractivity contribution in [2.75, 3.05) is 30.4 Å². The molecule has 1 fully saturated rings. The molecule has 0 spiro atoms. The van der Waals surface area contributed by atoms with Crippen molar-refractivity contribution >= 4 is 28.9 Å². The summed E-state index contributed by atoms with van der Waals surface area (Å²) in [6, 6.07) is 15.8. The van der Waals surface area contributed by atoms with Crippen LogP contribution in [-0.4, -0.2) is 25.7 Å². The predicted molar refractivity (Wildman–Crippen MR) is 110 cm³/mol. The topological polar surface area (TPSA) is 76.4 Å². The molecule has 2 aromatic carbocycles. The van der Waals surface area contributed by atoms with E-state index in [2.05, 4.69) is 29.7 Å². The molecule has 1 aliphatic heterocycles. The molecule has 1 unspecified atom stereocenters. The Morgan fingerprint density at radius 3 is 2.56 bits per heavy atom. The van der Waals surface area contributed by atoms with E-state index in [1.54, 1.807) is 6.07 Å². The van der Waals surface area contributed by atoms with Gasteiger partial charge in [-0.15, -0.1) is 0 Å². The second-order valence-electron chi connectivity index (χ2n) is 7.02. The minimum Gasteiger partial charge on any atom is -0.381 e. The number of carbonyl (C=O) groups excluding carboxylic acids is 1.